The second kappa shape index (κ2) is 9.73. The molecule has 7 nitrogen and oxygen atoms in total. The van der Waals surface area contributed by atoms with Crippen LogP contribution in [-0.2, 0) is 19.1 Å². The fourth-order valence-electron chi connectivity index (χ4n) is 3.10. The van der Waals surface area contributed by atoms with E-state index in [1.54, 1.807) is 31.2 Å². The maximum absolute atomic E-state index is 12.5. The lowest BCUT2D eigenvalue weighted by Crippen LogP contribution is -2.07. The van der Waals surface area contributed by atoms with Crippen molar-refractivity contribution in [3.05, 3.63) is 59.2 Å². The molecule has 0 fully saturated rings. The van der Waals surface area contributed by atoms with Gasteiger partial charge in [0.05, 0.1) is 25.9 Å². The van der Waals surface area contributed by atoms with Crippen LogP contribution in [0, 0.1) is 0 Å². The van der Waals surface area contributed by atoms with E-state index in [9.17, 15) is 14.4 Å². The Kier molecular flexibility index (Phi) is 6.85. The summed E-state index contributed by atoms with van der Waals surface area (Å²) >= 11 is 0. The quantitative estimate of drug-likeness (QED) is 0.406. The molecule has 1 N–H and O–H groups in total. The normalized spacial score (nSPS) is 13.5. The molecule has 1 heterocycles. The minimum atomic E-state index is -0.467. The Bertz CT molecular complexity index is 995. The monoisotopic (exact) mass is 409 g/mol. The zero-order chi connectivity index (χ0) is 21.5. The molecule has 0 saturated carbocycles. The van der Waals surface area contributed by atoms with Crippen molar-refractivity contribution in [1.29, 1.82) is 0 Å². The Balaban J connectivity index is 1.77. The molecule has 0 spiro atoms. The van der Waals surface area contributed by atoms with Gasteiger partial charge in [-0.25, -0.2) is 4.79 Å². The summed E-state index contributed by atoms with van der Waals surface area (Å²) in [4.78, 5) is 35.7. The van der Waals surface area contributed by atoms with E-state index in [1.165, 1.54) is 7.11 Å². The minimum Gasteiger partial charge on any atom is -0.493 e. The zero-order valence-corrected chi connectivity index (χ0v) is 16.9. The number of carbonyl (C=O) groups excluding carboxylic acids is 3. The summed E-state index contributed by atoms with van der Waals surface area (Å²) in [6.45, 7) is 2.48. The van der Waals surface area contributed by atoms with Crippen molar-refractivity contribution in [3.8, 4) is 5.75 Å². The Hall–Kier alpha value is -3.61. The molecule has 0 saturated heterocycles. The van der Waals surface area contributed by atoms with E-state index in [0.717, 1.165) is 5.56 Å². The lowest BCUT2D eigenvalue weighted by molar-refractivity contribution is -0.143. The number of benzene rings is 2. The Morgan fingerprint density at radius 3 is 2.70 bits per heavy atom. The first-order chi connectivity index (χ1) is 14.5. The molecule has 1 amide bonds. The van der Waals surface area contributed by atoms with Crippen molar-refractivity contribution in [2.45, 2.75) is 19.8 Å². The molecule has 0 atom stereocenters. The first-order valence-corrected chi connectivity index (χ1v) is 9.66. The van der Waals surface area contributed by atoms with Crippen molar-refractivity contribution >= 4 is 35.2 Å². The molecular weight excluding hydrogens is 386 g/mol. The molecule has 156 valence electrons. The number of para-hydroxylation sites is 1. The molecule has 2 aromatic carbocycles. The van der Waals surface area contributed by atoms with E-state index in [4.69, 9.17) is 14.2 Å². The SMILES string of the molecule is CCOC(=O)CCCOc1ccccc1/C=C1/C(=O)Nc2cc(C(=O)OC)ccc21. The second-order valence-electron chi connectivity index (χ2n) is 6.56. The fourth-order valence-corrected chi connectivity index (χ4v) is 3.10. The number of fused-ring (bicyclic) bond motifs is 1. The first kappa shape index (κ1) is 21.1. The van der Waals surface area contributed by atoms with Crippen LogP contribution in [0.3, 0.4) is 0 Å². The summed E-state index contributed by atoms with van der Waals surface area (Å²) in [5.74, 6) is -0.362. The predicted octanol–water partition coefficient (Wildman–Crippen LogP) is 3.69. The van der Waals surface area contributed by atoms with Gasteiger partial charge in [0.2, 0.25) is 0 Å². The number of hydrogen-bond acceptors (Lipinski definition) is 6. The van der Waals surface area contributed by atoms with Crippen LogP contribution < -0.4 is 10.1 Å². The lowest BCUT2D eigenvalue weighted by Gasteiger charge is -2.10. The van der Waals surface area contributed by atoms with E-state index in [2.05, 4.69) is 5.32 Å². The predicted molar refractivity (Wildman–Crippen MR) is 112 cm³/mol. The van der Waals surface area contributed by atoms with Gasteiger partial charge in [-0.05, 0) is 37.6 Å². The number of hydrogen-bond donors (Lipinski definition) is 1. The number of esters is 2. The lowest BCUT2D eigenvalue weighted by atomic mass is 10.0. The molecule has 30 heavy (non-hydrogen) atoms. The van der Waals surface area contributed by atoms with Crippen molar-refractivity contribution in [2.75, 3.05) is 25.6 Å². The summed E-state index contributed by atoms with van der Waals surface area (Å²) in [6, 6.07) is 12.3. The number of carbonyl (C=O) groups is 3. The summed E-state index contributed by atoms with van der Waals surface area (Å²) in [5, 5.41) is 2.78. The van der Waals surface area contributed by atoms with E-state index >= 15 is 0 Å². The number of anilines is 1. The van der Waals surface area contributed by atoms with Crippen molar-refractivity contribution in [2.24, 2.45) is 0 Å². The van der Waals surface area contributed by atoms with Crippen LogP contribution in [0.1, 0.15) is 41.3 Å². The van der Waals surface area contributed by atoms with Crippen molar-refractivity contribution in [3.63, 3.8) is 0 Å². The second-order valence-corrected chi connectivity index (χ2v) is 6.56. The number of rotatable bonds is 8. The van der Waals surface area contributed by atoms with Gasteiger partial charge in [0.1, 0.15) is 5.75 Å². The maximum atomic E-state index is 12.5. The van der Waals surface area contributed by atoms with E-state index in [1.807, 2.05) is 24.3 Å². The number of nitrogens with one attached hydrogen (secondary N) is 1. The van der Waals surface area contributed by atoms with Gasteiger partial charge in [-0.1, -0.05) is 24.3 Å². The molecule has 2 aromatic rings. The highest BCUT2D eigenvalue weighted by Gasteiger charge is 2.25. The van der Waals surface area contributed by atoms with Gasteiger partial charge >= 0.3 is 11.9 Å². The Labute approximate surface area is 174 Å². The van der Waals surface area contributed by atoms with Crippen LogP contribution >= 0.6 is 0 Å². The summed E-state index contributed by atoms with van der Waals surface area (Å²) in [5.41, 5.74) is 2.84. The molecule has 0 aromatic heterocycles. The third-order valence-electron chi connectivity index (χ3n) is 4.53. The van der Waals surface area contributed by atoms with Crippen LogP contribution in [0.25, 0.3) is 11.6 Å². The molecule has 3 rings (SSSR count). The van der Waals surface area contributed by atoms with Crippen LogP contribution in [0.4, 0.5) is 5.69 Å². The number of ether oxygens (including phenoxy) is 3. The van der Waals surface area contributed by atoms with Crippen LogP contribution in [0.2, 0.25) is 0 Å². The third kappa shape index (κ3) is 4.86. The first-order valence-electron chi connectivity index (χ1n) is 9.66. The smallest absolute Gasteiger partial charge is 0.337 e. The zero-order valence-electron chi connectivity index (χ0n) is 16.9. The van der Waals surface area contributed by atoms with Gasteiger partial charge in [0.15, 0.2) is 0 Å². The van der Waals surface area contributed by atoms with Gasteiger partial charge in [0.25, 0.3) is 5.91 Å². The van der Waals surface area contributed by atoms with Gasteiger partial charge in [-0.3, -0.25) is 9.59 Å². The van der Waals surface area contributed by atoms with E-state index in [0.29, 0.717) is 47.8 Å². The highest BCUT2D eigenvalue weighted by Crippen LogP contribution is 2.35. The van der Waals surface area contributed by atoms with Gasteiger partial charge in [-0.2, -0.15) is 0 Å². The highest BCUT2D eigenvalue weighted by atomic mass is 16.5. The Morgan fingerprint density at radius 1 is 1.13 bits per heavy atom. The summed E-state index contributed by atoms with van der Waals surface area (Å²) < 4.78 is 15.4. The standard InChI is InChI=1S/C23H23NO6/c1-3-29-21(25)9-6-12-30-20-8-5-4-7-15(20)13-18-17-11-10-16(23(27)28-2)14-19(17)24-22(18)26/h4-5,7-8,10-11,13-14H,3,6,9,12H2,1-2H3,(H,24,26)/b18-13+. The van der Waals surface area contributed by atoms with E-state index < -0.39 is 5.97 Å². The highest BCUT2D eigenvalue weighted by molar-refractivity contribution is 6.35. The average molecular weight is 409 g/mol. The molecule has 0 aliphatic carbocycles. The minimum absolute atomic E-state index is 0.248. The maximum Gasteiger partial charge on any atom is 0.337 e. The molecular formula is C23H23NO6. The van der Waals surface area contributed by atoms with Crippen LogP contribution in [-0.4, -0.2) is 38.2 Å². The van der Waals surface area contributed by atoms with Crippen molar-refractivity contribution in [1.82, 2.24) is 0 Å². The molecule has 0 unspecified atom stereocenters. The topological polar surface area (TPSA) is 90.9 Å². The largest absolute Gasteiger partial charge is 0.493 e. The summed E-state index contributed by atoms with van der Waals surface area (Å²) in [7, 11) is 1.31. The number of methoxy groups -OCH3 is 1. The molecule has 0 bridgehead atoms. The van der Waals surface area contributed by atoms with Gasteiger partial charge < -0.3 is 19.5 Å². The van der Waals surface area contributed by atoms with Crippen LogP contribution in [0.5, 0.6) is 5.75 Å². The van der Waals surface area contributed by atoms with Gasteiger partial charge in [-0.15, -0.1) is 0 Å². The molecule has 1 aliphatic heterocycles. The van der Waals surface area contributed by atoms with Crippen molar-refractivity contribution < 1.29 is 28.6 Å². The molecule has 1 aliphatic rings. The molecule has 0 radical (unpaired) electrons. The summed E-state index contributed by atoms with van der Waals surface area (Å²) in [6.07, 6.45) is 2.57. The van der Waals surface area contributed by atoms with Crippen LogP contribution in [0.15, 0.2) is 42.5 Å². The number of amides is 1. The van der Waals surface area contributed by atoms with E-state index in [-0.39, 0.29) is 18.3 Å². The van der Waals surface area contributed by atoms with Gasteiger partial charge in [0, 0.05) is 28.8 Å². The average Bonchev–Trinajstić information content (AvgIpc) is 3.06. The Morgan fingerprint density at radius 2 is 1.93 bits per heavy atom. The fraction of sp³-hybridized carbons (Fsp3) is 0.261. The molecule has 7 heteroatoms. The third-order valence-corrected chi connectivity index (χ3v) is 4.53.